The summed E-state index contributed by atoms with van der Waals surface area (Å²) in [7, 11) is -3.14. The van der Waals surface area contributed by atoms with E-state index in [0.29, 0.717) is 31.6 Å². The molecule has 2 rings (SSSR count). The van der Waals surface area contributed by atoms with Crippen molar-refractivity contribution in [2.24, 2.45) is 10.7 Å². The number of hydrogen-bond acceptors (Lipinski definition) is 4. The van der Waals surface area contributed by atoms with E-state index in [2.05, 4.69) is 15.0 Å². The summed E-state index contributed by atoms with van der Waals surface area (Å²) in [6.45, 7) is 1.31. The van der Waals surface area contributed by atoms with Crippen LogP contribution in [0.1, 0.15) is 12.0 Å². The molecule has 0 saturated carbocycles. The SMILES string of the molecule is I.NC(=NCc1ccc(OC(F)(F)F)cc1)NCCN1CCCS1(=O)=O. The lowest BCUT2D eigenvalue weighted by Gasteiger charge is -2.14. The Balaban J connectivity index is 0.00000338. The third-order valence-corrected chi connectivity index (χ3v) is 5.42. The molecule has 1 aliphatic heterocycles. The molecule has 1 fully saturated rings. The first-order valence-corrected chi connectivity index (χ1v) is 9.13. The fourth-order valence-corrected chi connectivity index (χ4v) is 3.81. The van der Waals surface area contributed by atoms with E-state index in [0.717, 1.165) is 0 Å². The van der Waals surface area contributed by atoms with E-state index in [4.69, 9.17) is 5.73 Å². The average Bonchev–Trinajstić information content (AvgIpc) is 2.84. The van der Waals surface area contributed by atoms with Gasteiger partial charge in [0.25, 0.3) is 0 Å². The van der Waals surface area contributed by atoms with Crippen LogP contribution in [0.25, 0.3) is 0 Å². The number of nitrogens with zero attached hydrogens (tertiary/aromatic N) is 2. The number of nitrogens with one attached hydrogen (secondary N) is 1. The first-order valence-electron chi connectivity index (χ1n) is 7.52. The molecule has 0 unspecified atom stereocenters. The van der Waals surface area contributed by atoms with E-state index in [1.807, 2.05) is 0 Å². The summed E-state index contributed by atoms with van der Waals surface area (Å²) in [6.07, 6.45) is -4.10. The predicted molar refractivity (Wildman–Crippen MR) is 102 cm³/mol. The van der Waals surface area contributed by atoms with E-state index in [1.165, 1.54) is 28.6 Å². The van der Waals surface area contributed by atoms with Crippen LogP contribution in [0, 0.1) is 0 Å². The van der Waals surface area contributed by atoms with Gasteiger partial charge in [0.2, 0.25) is 10.0 Å². The standard InChI is InChI=1S/C14H19F3N4O3S.HI/c15-14(16,17)24-12-4-2-11(3-5-12)10-20-13(18)19-6-8-21-7-1-9-25(21,22)23;/h2-5H,1,6-10H2,(H3,18,19,20);1H. The Morgan fingerprint density at radius 3 is 2.50 bits per heavy atom. The van der Waals surface area contributed by atoms with Gasteiger partial charge >= 0.3 is 6.36 Å². The zero-order valence-electron chi connectivity index (χ0n) is 13.7. The van der Waals surface area contributed by atoms with Gasteiger partial charge in [-0.05, 0) is 24.1 Å². The summed E-state index contributed by atoms with van der Waals surface area (Å²) in [6, 6.07) is 5.30. The van der Waals surface area contributed by atoms with E-state index in [-0.39, 0.29) is 48.0 Å². The zero-order valence-corrected chi connectivity index (χ0v) is 16.8. The van der Waals surface area contributed by atoms with Gasteiger partial charge in [-0.25, -0.2) is 17.7 Å². The molecule has 1 aromatic carbocycles. The Morgan fingerprint density at radius 2 is 1.96 bits per heavy atom. The molecule has 0 aromatic heterocycles. The number of sulfonamides is 1. The van der Waals surface area contributed by atoms with Crippen molar-refractivity contribution in [3.8, 4) is 5.75 Å². The molecule has 0 bridgehead atoms. The molecule has 12 heteroatoms. The van der Waals surface area contributed by atoms with Crippen LogP contribution in [0.5, 0.6) is 5.75 Å². The highest BCUT2D eigenvalue weighted by Crippen LogP contribution is 2.22. The zero-order chi connectivity index (χ0) is 18.5. The fraction of sp³-hybridized carbons (Fsp3) is 0.500. The Bertz CT molecular complexity index is 711. The van der Waals surface area contributed by atoms with Gasteiger partial charge in [0.1, 0.15) is 5.75 Å². The van der Waals surface area contributed by atoms with E-state index >= 15 is 0 Å². The summed E-state index contributed by atoms with van der Waals surface area (Å²) in [5.74, 6) is -0.00434. The number of guanidine groups is 1. The van der Waals surface area contributed by atoms with Gasteiger partial charge in [0, 0.05) is 19.6 Å². The van der Waals surface area contributed by atoms with Crippen molar-refractivity contribution in [2.45, 2.75) is 19.3 Å². The molecule has 0 aliphatic carbocycles. The van der Waals surface area contributed by atoms with Gasteiger partial charge in [0.15, 0.2) is 5.96 Å². The number of aliphatic imine (C=N–C) groups is 1. The number of nitrogens with two attached hydrogens (primary N) is 1. The predicted octanol–water partition coefficient (Wildman–Crippen LogP) is 1.64. The van der Waals surface area contributed by atoms with E-state index in [1.54, 1.807) is 0 Å². The minimum Gasteiger partial charge on any atom is -0.406 e. The molecule has 0 spiro atoms. The van der Waals surface area contributed by atoms with Crippen molar-refractivity contribution in [3.63, 3.8) is 0 Å². The first kappa shape index (κ1) is 22.8. The minimum atomic E-state index is -4.73. The summed E-state index contributed by atoms with van der Waals surface area (Å²) in [5, 5.41) is 2.81. The van der Waals surface area contributed by atoms with E-state index < -0.39 is 16.4 Å². The molecule has 0 atom stereocenters. The van der Waals surface area contributed by atoms with Gasteiger partial charge in [-0.1, -0.05) is 12.1 Å². The van der Waals surface area contributed by atoms with Crippen LogP contribution in [0.15, 0.2) is 29.3 Å². The van der Waals surface area contributed by atoms with Crippen LogP contribution in [-0.4, -0.2) is 50.4 Å². The molecule has 3 N–H and O–H groups in total. The largest absolute Gasteiger partial charge is 0.573 e. The molecule has 0 amide bonds. The summed E-state index contributed by atoms with van der Waals surface area (Å²) >= 11 is 0. The van der Waals surface area contributed by atoms with Crippen LogP contribution in [0.2, 0.25) is 0 Å². The smallest absolute Gasteiger partial charge is 0.406 e. The number of ether oxygens (including phenoxy) is 1. The number of halogens is 4. The second-order valence-electron chi connectivity index (χ2n) is 5.39. The van der Waals surface area contributed by atoms with Crippen LogP contribution in [0.3, 0.4) is 0 Å². The Hall–Kier alpha value is -1.28. The normalized spacial score (nSPS) is 17.6. The first-order chi connectivity index (χ1) is 11.7. The molecular formula is C14H20F3IN4O3S. The van der Waals surface area contributed by atoms with Crippen molar-refractivity contribution < 1.29 is 26.3 Å². The highest BCUT2D eigenvalue weighted by Gasteiger charge is 2.31. The number of rotatable bonds is 6. The summed E-state index contributed by atoms with van der Waals surface area (Å²) in [4.78, 5) is 4.05. The van der Waals surface area contributed by atoms with Crippen LogP contribution < -0.4 is 15.8 Å². The van der Waals surface area contributed by atoms with Crippen LogP contribution in [0.4, 0.5) is 13.2 Å². The molecule has 26 heavy (non-hydrogen) atoms. The Labute approximate surface area is 166 Å². The maximum atomic E-state index is 12.1. The average molecular weight is 508 g/mol. The maximum Gasteiger partial charge on any atom is 0.573 e. The third-order valence-electron chi connectivity index (χ3n) is 3.46. The van der Waals surface area contributed by atoms with Crippen LogP contribution >= 0.6 is 24.0 Å². The van der Waals surface area contributed by atoms with Gasteiger partial charge in [-0.2, -0.15) is 0 Å². The molecule has 148 valence electrons. The second kappa shape index (κ2) is 9.60. The fourth-order valence-electron chi connectivity index (χ4n) is 2.28. The molecule has 1 aliphatic rings. The van der Waals surface area contributed by atoms with Crippen molar-refractivity contribution in [1.29, 1.82) is 0 Å². The monoisotopic (exact) mass is 508 g/mol. The van der Waals surface area contributed by atoms with Gasteiger partial charge in [0.05, 0.1) is 12.3 Å². The van der Waals surface area contributed by atoms with Gasteiger partial charge < -0.3 is 15.8 Å². The quantitative estimate of drug-likeness (QED) is 0.346. The summed E-state index contributed by atoms with van der Waals surface area (Å²) < 4.78 is 64.6. The van der Waals surface area contributed by atoms with Gasteiger partial charge in [-0.3, -0.25) is 0 Å². The molecule has 1 aromatic rings. The van der Waals surface area contributed by atoms with Crippen molar-refractivity contribution in [3.05, 3.63) is 29.8 Å². The minimum absolute atomic E-state index is 0. The highest BCUT2D eigenvalue weighted by atomic mass is 127. The summed E-state index contributed by atoms with van der Waals surface area (Å²) in [5.41, 5.74) is 6.34. The van der Waals surface area contributed by atoms with Crippen molar-refractivity contribution >= 4 is 40.0 Å². The molecule has 1 heterocycles. The second-order valence-corrected chi connectivity index (χ2v) is 7.48. The Morgan fingerprint density at radius 1 is 1.31 bits per heavy atom. The van der Waals surface area contributed by atoms with Crippen molar-refractivity contribution in [1.82, 2.24) is 9.62 Å². The molecule has 0 radical (unpaired) electrons. The number of alkyl halides is 3. The van der Waals surface area contributed by atoms with Crippen LogP contribution in [-0.2, 0) is 16.6 Å². The van der Waals surface area contributed by atoms with Crippen molar-refractivity contribution in [2.75, 3.05) is 25.4 Å². The third kappa shape index (κ3) is 7.53. The van der Waals surface area contributed by atoms with Gasteiger partial charge in [-0.15, -0.1) is 37.1 Å². The lowest BCUT2D eigenvalue weighted by molar-refractivity contribution is -0.274. The molecule has 1 saturated heterocycles. The number of benzene rings is 1. The lowest BCUT2D eigenvalue weighted by Crippen LogP contribution is -2.39. The van der Waals surface area contributed by atoms with E-state index in [9.17, 15) is 21.6 Å². The number of hydrogen-bond donors (Lipinski definition) is 2. The topological polar surface area (TPSA) is 97.0 Å². The maximum absolute atomic E-state index is 12.1. The lowest BCUT2D eigenvalue weighted by atomic mass is 10.2. The highest BCUT2D eigenvalue weighted by molar-refractivity contribution is 14.0. The Kier molecular flexibility index (Phi) is 8.40. The molecule has 7 nitrogen and oxygen atoms in total. The molecular weight excluding hydrogens is 488 g/mol.